The molecule has 2 fully saturated rings. The monoisotopic (exact) mass is 359 g/mol. The lowest BCUT2D eigenvalue weighted by atomic mass is 9.94. The Morgan fingerprint density at radius 2 is 1.85 bits per heavy atom. The highest BCUT2D eigenvalue weighted by Crippen LogP contribution is 2.34. The molecule has 0 unspecified atom stereocenters. The topological polar surface area (TPSA) is 79.9 Å². The van der Waals surface area contributed by atoms with E-state index in [1.807, 2.05) is 13.0 Å². The van der Waals surface area contributed by atoms with Crippen molar-refractivity contribution < 1.29 is 19.1 Å². The summed E-state index contributed by atoms with van der Waals surface area (Å²) in [6.07, 6.45) is 3.72. The van der Waals surface area contributed by atoms with Gasteiger partial charge in [0.05, 0.1) is 6.04 Å². The number of carbonyl (C=O) groups is 2. The summed E-state index contributed by atoms with van der Waals surface area (Å²) in [5.41, 5.74) is 0.721. The molecule has 0 radical (unpaired) electrons. The molecule has 4 rings (SSSR count). The van der Waals surface area contributed by atoms with Crippen molar-refractivity contribution in [3.05, 3.63) is 18.2 Å². The third-order valence-electron chi connectivity index (χ3n) is 5.39. The average molecular weight is 359 g/mol. The van der Waals surface area contributed by atoms with Gasteiger partial charge in [-0.3, -0.25) is 14.5 Å². The van der Waals surface area contributed by atoms with Crippen LogP contribution in [0.4, 0.5) is 5.69 Å². The predicted octanol–water partition coefficient (Wildman–Crippen LogP) is 1.73. The zero-order valence-electron chi connectivity index (χ0n) is 15.0. The molecule has 1 aromatic rings. The molecule has 1 aromatic carbocycles. The maximum absolute atomic E-state index is 12.6. The number of hydrogen-bond donors (Lipinski definition) is 2. The molecular weight excluding hydrogens is 334 g/mol. The van der Waals surface area contributed by atoms with Gasteiger partial charge >= 0.3 is 0 Å². The molecular formula is C19H25N3O4. The number of carbonyl (C=O) groups excluding carboxylic acids is 2. The number of benzene rings is 1. The number of rotatable bonds is 5. The number of nitrogens with one attached hydrogen (secondary N) is 2. The van der Waals surface area contributed by atoms with Crippen LogP contribution in [0, 0.1) is 5.92 Å². The van der Waals surface area contributed by atoms with Gasteiger partial charge in [0.25, 0.3) is 0 Å². The van der Waals surface area contributed by atoms with Crippen LogP contribution >= 0.6 is 0 Å². The summed E-state index contributed by atoms with van der Waals surface area (Å²) < 4.78 is 10.6. The summed E-state index contributed by atoms with van der Waals surface area (Å²) in [6, 6.07) is 5.68. The zero-order valence-corrected chi connectivity index (χ0v) is 15.0. The first-order chi connectivity index (χ1) is 12.6. The lowest BCUT2D eigenvalue weighted by Gasteiger charge is -2.34. The van der Waals surface area contributed by atoms with Gasteiger partial charge in [0, 0.05) is 23.7 Å². The van der Waals surface area contributed by atoms with E-state index in [0.717, 1.165) is 44.5 Å². The lowest BCUT2D eigenvalue weighted by Crippen LogP contribution is -2.49. The number of nitrogens with zero attached hydrogens (tertiary/aromatic N) is 1. The van der Waals surface area contributed by atoms with Gasteiger partial charge in [0.2, 0.25) is 18.6 Å². The second-order valence-electron chi connectivity index (χ2n) is 7.33. The van der Waals surface area contributed by atoms with Crippen molar-refractivity contribution in [2.75, 3.05) is 25.2 Å². The number of piperidine rings is 1. The summed E-state index contributed by atoms with van der Waals surface area (Å²) >= 11 is 0. The van der Waals surface area contributed by atoms with Crippen LogP contribution < -0.4 is 20.1 Å². The molecule has 2 heterocycles. The summed E-state index contributed by atoms with van der Waals surface area (Å²) in [5.74, 6) is 1.47. The van der Waals surface area contributed by atoms with Crippen LogP contribution in [-0.2, 0) is 9.59 Å². The van der Waals surface area contributed by atoms with E-state index in [2.05, 4.69) is 15.5 Å². The lowest BCUT2D eigenvalue weighted by molar-refractivity contribution is -0.127. The average Bonchev–Trinajstić information content (AvgIpc) is 3.34. The number of fused-ring (bicyclic) bond motifs is 1. The van der Waals surface area contributed by atoms with Crippen LogP contribution in [0.5, 0.6) is 11.5 Å². The standard InChI is InChI=1S/C19H25N3O4/c1-12(18(23)20-14-2-3-14)22-8-6-13(7-9-22)19(24)21-15-4-5-16-17(10-15)26-11-25-16/h4-5,10,12-14H,2-3,6-9,11H2,1H3,(H,20,23)(H,21,24)/t12-/m0/s1. The molecule has 26 heavy (non-hydrogen) atoms. The Hall–Kier alpha value is -2.28. The minimum atomic E-state index is -0.131. The van der Waals surface area contributed by atoms with E-state index in [4.69, 9.17) is 9.47 Å². The Morgan fingerprint density at radius 1 is 1.12 bits per heavy atom. The van der Waals surface area contributed by atoms with Crippen LogP contribution in [-0.4, -0.2) is 48.7 Å². The first-order valence-electron chi connectivity index (χ1n) is 9.35. The Labute approximate surface area is 153 Å². The molecule has 1 saturated carbocycles. The minimum absolute atomic E-state index is 0.0265. The maximum Gasteiger partial charge on any atom is 0.237 e. The summed E-state index contributed by atoms with van der Waals surface area (Å²) in [7, 11) is 0. The van der Waals surface area contributed by atoms with Gasteiger partial charge < -0.3 is 20.1 Å². The molecule has 2 aliphatic heterocycles. The van der Waals surface area contributed by atoms with E-state index in [-0.39, 0.29) is 30.6 Å². The fourth-order valence-corrected chi connectivity index (χ4v) is 3.48. The Balaban J connectivity index is 1.27. The van der Waals surface area contributed by atoms with Crippen molar-refractivity contribution in [2.24, 2.45) is 5.92 Å². The van der Waals surface area contributed by atoms with E-state index in [9.17, 15) is 9.59 Å². The second-order valence-corrected chi connectivity index (χ2v) is 7.33. The molecule has 0 spiro atoms. The van der Waals surface area contributed by atoms with E-state index in [0.29, 0.717) is 17.5 Å². The van der Waals surface area contributed by atoms with E-state index in [1.165, 1.54) is 0 Å². The van der Waals surface area contributed by atoms with Crippen molar-refractivity contribution in [1.82, 2.24) is 10.2 Å². The summed E-state index contributed by atoms with van der Waals surface area (Å²) in [5, 5.41) is 6.03. The maximum atomic E-state index is 12.6. The van der Waals surface area contributed by atoms with Crippen molar-refractivity contribution in [3.8, 4) is 11.5 Å². The molecule has 1 atom stereocenters. The molecule has 3 aliphatic rings. The predicted molar refractivity (Wildman–Crippen MR) is 96.1 cm³/mol. The quantitative estimate of drug-likeness (QED) is 0.837. The van der Waals surface area contributed by atoms with Crippen molar-refractivity contribution in [2.45, 2.75) is 44.7 Å². The molecule has 1 aliphatic carbocycles. The zero-order chi connectivity index (χ0) is 18.1. The van der Waals surface area contributed by atoms with Crippen LogP contribution in [0.1, 0.15) is 32.6 Å². The Kier molecular flexibility index (Phi) is 4.72. The van der Waals surface area contributed by atoms with Crippen LogP contribution in [0.2, 0.25) is 0 Å². The number of anilines is 1. The Bertz CT molecular complexity index is 696. The van der Waals surface area contributed by atoms with Gasteiger partial charge in [-0.2, -0.15) is 0 Å². The number of likely N-dealkylation sites (tertiary alicyclic amines) is 1. The molecule has 7 heteroatoms. The van der Waals surface area contributed by atoms with Gasteiger partial charge in [-0.05, 0) is 57.8 Å². The second kappa shape index (κ2) is 7.15. The van der Waals surface area contributed by atoms with E-state index in [1.54, 1.807) is 12.1 Å². The minimum Gasteiger partial charge on any atom is -0.454 e. The highest BCUT2D eigenvalue weighted by Gasteiger charge is 2.32. The fraction of sp³-hybridized carbons (Fsp3) is 0.579. The van der Waals surface area contributed by atoms with Gasteiger partial charge in [0.1, 0.15) is 0 Å². The van der Waals surface area contributed by atoms with Crippen LogP contribution in [0.25, 0.3) is 0 Å². The molecule has 2 N–H and O–H groups in total. The van der Waals surface area contributed by atoms with Crippen molar-refractivity contribution >= 4 is 17.5 Å². The third kappa shape index (κ3) is 3.77. The van der Waals surface area contributed by atoms with Gasteiger partial charge in [-0.15, -0.1) is 0 Å². The van der Waals surface area contributed by atoms with Crippen LogP contribution in [0.3, 0.4) is 0 Å². The third-order valence-corrected chi connectivity index (χ3v) is 5.39. The molecule has 2 amide bonds. The number of hydrogen-bond acceptors (Lipinski definition) is 5. The SMILES string of the molecule is C[C@@H](C(=O)NC1CC1)N1CCC(C(=O)Nc2ccc3c(c2)OCO3)CC1. The molecule has 0 bridgehead atoms. The number of amides is 2. The van der Waals surface area contributed by atoms with Crippen LogP contribution in [0.15, 0.2) is 18.2 Å². The molecule has 7 nitrogen and oxygen atoms in total. The largest absolute Gasteiger partial charge is 0.454 e. The highest BCUT2D eigenvalue weighted by atomic mass is 16.7. The number of ether oxygens (including phenoxy) is 2. The summed E-state index contributed by atoms with van der Waals surface area (Å²) in [4.78, 5) is 26.9. The van der Waals surface area contributed by atoms with E-state index < -0.39 is 0 Å². The summed E-state index contributed by atoms with van der Waals surface area (Å²) in [6.45, 7) is 3.69. The van der Waals surface area contributed by atoms with E-state index >= 15 is 0 Å². The van der Waals surface area contributed by atoms with Gasteiger partial charge in [-0.25, -0.2) is 0 Å². The van der Waals surface area contributed by atoms with Crippen molar-refractivity contribution in [3.63, 3.8) is 0 Å². The normalized spacial score (nSPS) is 21.3. The molecule has 140 valence electrons. The first-order valence-corrected chi connectivity index (χ1v) is 9.35. The van der Waals surface area contributed by atoms with Gasteiger partial charge in [-0.1, -0.05) is 0 Å². The first kappa shape index (κ1) is 17.1. The van der Waals surface area contributed by atoms with Gasteiger partial charge in [0.15, 0.2) is 11.5 Å². The molecule has 1 saturated heterocycles. The molecule has 0 aromatic heterocycles. The fourth-order valence-electron chi connectivity index (χ4n) is 3.48. The Morgan fingerprint density at radius 3 is 2.58 bits per heavy atom. The van der Waals surface area contributed by atoms with Crippen molar-refractivity contribution in [1.29, 1.82) is 0 Å². The smallest absolute Gasteiger partial charge is 0.237 e. The highest BCUT2D eigenvalue weighted by molar-refractivity contribution is 5.93.